The van der Waals surface area contributed by atoms with Crippen molar-refractivity contribution in [2.45, 2.75) is 24.8 Å². The van der Waals surface area contributed by atoms with E-state index >= 15 is 0 Å². The van der Waals surface area contributed by atoms with Gasteiger partial charge in [0, 0.05) is 17.7 Å². The summed E-state index contributed by atoms with van der Waals surface area (Å²) < 4.78 is 74.5. The first-order valence-corrected chi connectivity index (χ1v) is 11.0. The predicted molar refractivity (Wildman–Crippen MR) is 125 cm³/mol. The van der Waals surface area contributed by atoms with Crippen LogP contribution >= 0.6 is 11.6 Å². The molecule has 4 rings (SSSR count). The minimum absolute atomic E-state index is 0.00697. The molecule has 188 valence electrons. The SMILES string of the molecule is C#CC1=CC(F)CN=C1c1cc(Cl)c(C(=O)Nc2cnc(NC3CCOC3)c(C(F)(F)F)c2)cc1F. The van der Waals surface area contributed by atoms with E-state index in [4.69, 9.17) is 22.8 Å². The van der Waals surface area contributed by atoms with Crippen LogP contribution < -0.4 is 10.6 Å². The fraction of sp³-hybridized carbons (Fsp3) is 0.292. The Morgan fingerprint density at radius 1 is 1.28 bits per heavy atom. The van der Waals surface area contributed by atoms with Crippen molar-refractivity contribution >= 4 is 34.7 Å². The van der Waals surface area contributed by atoms with E-state index in [9.17, 15) is 26.7 Å². The van der Waals surface area contributed by atoms with E-state index in [-0.39, 0.29) is 52.3 Å². The van der Waals surface area contributed by atoms with Gasteiger partial charge in [0.1, 0.15) is 17.8 Å². The maximum absolute atomic E-state index is 14.9. The summed E-state index contributed by atoms with van der Waals surface area (Å²) in [5.41, 5.74) is -1.81. The molecule has 2 aliphatic heterocycles. The second-order valence-electron chi connectivity index (χ2n) is 8.02. The van der Waals surface area contributed by atoms with Gasteiger partial charge in [-0.3, -0.25) is 9.79 Å². The zero-order chi connectivity index (χ0) is 26.0. The number of rotatable bonds is 5. The Kier molecular flexibility index (Phi) is 7.28. The molecule has 1 amide bonds. The van der Waals surface area contributed by atoms with Gasteiger partial charge in [0.05, 0.1) is 52.9 Å². The lowest BCUT2D eigenvalue weighted by Gasteiger charge is -2.18. The summed E-state index contributed by atoms with van der Waals surface area (Å²) in [6.45, 7) is 0.414. The largest absolute Gasteiger partial charge is 0.420 e. The molecular formula is C24H18ClF5N4O2. The number of allylic oxidation sites excluding steroid dienone is 1. The van der Waals surface area contributed by atoms with Crippen LogP contribution in [0.2, 0.25) is 5.02 Å². The van der Waals surface area contributed by atoms with Crippen molar-refractivity contribution in [3.8, 4) is 12.3 Å². The van der Waals surface area contributed by atoms with Crippen LogP contribution in [0.25, 0.3) is 0 Å². The Labute approximate surface area is 207 Å². The highest BCUT2D eigenvalue weighted by Gasteiger charge is 2.36. The van der Waals surface area contributed by atoms with Crippen LogP contribution in [0, 0.1) is 18.2 Å². The standard InChI is InChI=1S/C24H18ClF5N4O2/c1-2-12-5-13(26)9-31-21(12)17-7-19(25)16(8-20(17)27)23(35)34-15-6-18(24(28,29)30)22(32-10-15)33-14-3-4-36-11-14/h1,5-8,10,13-14H,3-4,9,11H2,(H,32,33)(H,34,35). The molecule has 0 radical (unpaired) electrons. The Morgan fingerprint density at radius 2 is 2.06 bits per heavy atom. The lowest BCUT2D eigenvalue weighted by Crippen LogP contribution is -2.23. The van der Waals surface area contributed by atoms with Gasteiger partial charge in [-0.2, -0.15) is 13.2 Å². The number of pyridine rings is 1. The number of halogens is 6. The molecule has 6 nitrogen and oxygen atoms in total. The zero-order valence-corrected chi connectivity index (χ0v) is 19.2. The molecule has 1 aromatic heterocycles. The first-order valence-electron chi connectivity index (χ1n) is 10.7. The Morgan fingerprint density at radius 3 is 2.72 bits per heavy atom. The number of hydrogen-bond donors (Lipinski definition) is 2. The molecule has 2 aromatic rings. The maximum Gasteiger partial charge on any atom is 0.420 e. The number of nitrogens with zero attached hydrogens (tertiary/aromatic N) is 2. The van der Waals surface area contributed by atoms with Crippen molar-refractivity contribution in [2.75, 3.05) is 30.4 Å². The van der Waals surface area contributed by atoms with E-state index in [1.807, 2.05) is 0 Å². The molecule has 2 atom stereocenters. The molecule has 0 spiro atoms. The number of carbonyl (C=O) groups excluding carboxylic acids is 1. The molecule has 1 fully saturated rings. The normalized spacial score (nSPS) is 19.8. The van der Waals surface area contributed by atoms with Crippen LogP contribution in [0.3, 0.4) is 0 Å². The van der Waals surface area contributed by atoms with E-state index in [0.717, 1.165) is 30.5 Å². The first-order chi connectivity index (χ1) is 17.1. The highest BCUT2D eigenvalue weighted by molar-refractivity contribution is 6.35. The number of anilines is 2. The summed E-state index contributed by atoms with van der Waals surface area (Å²) in [7, 11) is 0. The zero-order valence-electron chi connectivity index (χ0n) is 18.4. The average Bonchev–Trinajstić information content (AvgIpc) is 3.33. The molecule has 0 aliphatic carbocycles. The van der Waals surface area contributed by atoms with Crippen molar-refractivity contribution in [3.63, 3.8) is 0 Å². The Bertz CT molecular complexity index is 1300. The van der Waals surface area contributed by atoms with Gasteiger partial charge >= 0.3 is 6.18 Å². The van der Waals surface area contributed by atoms with Crippen LogP contribution in [-0.2, 0) is 10.9 Å². The molecule has 2 unspecified atom stereocenters. The molecule has 1 aromatic carbocycles. The fourth-order valence-corrected chi connectivity index (χ4v) is 3.98. The fourth-order valence-electron chi connectivity index (χ4n) is 3.73. The van der Waals surface area contributed by atoms with Crippen LogP contribution in [0.5, 0.6) is 0 Å². The number of terminal acetylenes is 1. The summed E-state index contributed by atoms with van der Waals surface area (Å²) >= 11 is 6.18. The van der Waals surface area contributed by atoms with Gasteiger partial charge < -0.3 is 15.4 Å². The second-order valence-corrected chi connectivity index (χ2v) is 8.43. The van der Waals surface area contributed by atoms with Gasteiger partial charge in [0.15, 0.2) is 0 Å². The van der Waals surface area contributed by atoms with Crippen molar-refractivity contribution in [3.05, 3.63) is 63.6 Å². The number of benzene rings is 1. The third-order valence-electron chi connectivity index (χ3n) is 5.46. The van der Waals surface area contributed by atoms with Crippen molar-refractivity contribution in [1.29, 1.82) is 0 Å². The quantitative estimate of drug-likeness (QED) is 0.424. The second kappa shape index (κ2) is 10.2. The molecule has 2 N–H and O–H groups in total. The summed E-state index contributed by atoms with van der Waals surface area (Å²) in [6.07, 6.45) is 1.88. The van der Waals surface area contributed by atoms with Crippen LogP contribution in [0.1, 0.15) is 27.9 Å². The average molecular weight is 525 g/mol. The number of amides is 1. The summed E-state index contributed by atoms with van der Waals surface area (Å²) in [4.78, 5) is 20.5. The van der Waals surface area contributed by atoms with E-state index < -0.39 is 35.5 Å². The number of carbonyl (C=O) groups is 1. The van der Waals surface area contributed by atoms with Gasteiger partial charge in [0.25, 0.3) is 5.91 Å². The third-order valence-corrected chi connectivity index (χ3v) is 5.77. The minimum atomic E-state index is -4.76. The van der Waals surface area contributed by atoms with Gasteiger partial charge in [-0.15, -0.1) is 6.42 Å². The monoisotopic (exact) mass is 524 g/mol. The highest BCUT2D eigenvalue weighted by atomic mass is 35.5. The van der Waals surface area contributed by atoms with Crippen LogP contribution in [0.4, 0.5) is 33.5 Å². The maximum atomic E-state index is 14.9. The minimum Gasteiger partial charge on any atom is -0.379 e. The highest BCUT2D eigenvalue weighted by Crippen LogP contribution is 2.36. The van der Waals surface area contributed by atoms with E-state index in [0.29, 0.717) is 13.0 Å². The Hall–Kier alpha value is -3.49. The number of nitrogens with one attached hydrogen (secondary N) is 2. The Balaban J connectivity index is 1.59. The van der Waals surface area contributed by atoms with Gasteiger partial charge in [-0.25, -0.2) is 13.8 Å². The predicted octanol–water partition coefficient (Wildman–Crippen LogP) is 5.05. The molecular weight excluding hydrogens is 507 g/mol. The molecule has 12 heteroatoms. The van der Waals surface area contributed by atoms with Crippen LogP contribution in [0.15, 0.2) is 41.0 Å². The first kappa shape index (κ1) is 25.6. The molecule has 2 aliphatic rings. The number of ether oxygens (including phenoxy) is 1. The third kappa shape index (κ3) is 5.50. The molecule has 1 saturated heterocycles. The summed E-state index contributed by atoms with van der Waals surface area (Å²) in [6, 6.07) is 2.30. The smallest absolute Gasteiger partial charge is 0.379 e. The topological polar surface area (TPSA) is 75.6 Å². The van der Waals surface area contributed by atoms with Crippen molar-refractivity contribution in [1.82, 2.24) is 4.98 Å². The van der Waals surface area contributed by atoms with Crippen molar-refractivity contribution in [2.24, 2.45) is 4.99 Å². The van der Waals surface area contributed by atoms with Gasteiger partial charge in [-0.1, -0.05) is 17.5 Å². The molecule has 0 saturated carbocycles. The molecule has 0 bridgehead atoms. The van der Waals surface area contributed by atoms with Gasteiger partial charge in [-0.05, 0) is 30.7 Å². The van der Waals surface area contributed by atoms with E-state index in [1.165, 1.54) is 0 Å². The van der Waals surface area contributed by atoms with E-state index in [2.05, 4.69) is 26.5 Å². The van der Waals surface area contributed by atoms with Gasteiger partial charge in [0.2, 0.25) is 0 Å². The summed E-state index contributed by atoms with van der Waals surface area (Å²) in [5.74, 6) is -0.0506. The summed E-state index contributed by atoms with van der Waals surface area (Å²) in [5, 5.41) is 4.74. The van der Waals surface area contributed by atoms with Crippen LogP contribution in [-0.4, -0.2) is 48.6 Å². The van der Waals surface area contributed by atoms with Crippen molar-refractivity contribution < 1.29 is 31.5 Å². The number of aromatic nitrogens is 1. The lowest BCUT2D eigenvalue weighted by atomic mass is 9.97. The molecule has 3 heterocycles. The number of alkyl halides is 4. The lowest BCUT2D eigenvalue weighted by molar-refractivity contribution is -0.137. The molecule has 36 heavy (non-hydrogen) atoms. The van der Waals surface area contributed by atoms with E-state index in [1.54, 1.807) is 0 Å². The number of aliphatic imine (C=N–C) groups is 1. The number of hydrogen-bond acceptors (Lipinski definition) is 5. The number of dihydropyridines is 1.